The van der Waals surface area contributed by atoms with Gasteiger partial charge in [-0.05, 0) is 12.8 Å². The molecule has 0 bridgehead atoms. The van der Waals surface area contributed by atoms with Crippen molar-refractivity contribution in [3.8, 4) is 0 Å². The molecule has 0 saturated carbocycles. The number of rotatable bonds is 4. The Morgan fingerprint density at radius 3 is 2.71 bits per heavy atom. The fourth-order valence-electron chi connectivity index (χ4n) is 2.01. The Hall–Kier alpha value is -0.160. The highest BCUT2D eigenvalue weighted by molar-refractivity contribution is 4.96. The molecule has 82 valence electrons. The SMILES string of the molecule is CCCOC1OC2OC2C(N)C1CC. The second-order valence-electron chi connectivity index (χ2n) is 3.99. The van der Waals surface area contributed by atoms with E-state index in [9.17, 15) is 0 Å². The second kappa shape index (κ2) is 4.14. The molecule has 2 saturated heterocycles. The third-order valence-electron chi connectivity index (χ3n) is 2.93. The Morgan fingerprint density at radius 2 is 2.07 bits per heavy atom. The Balaban J connectivity index is 1.92. The van der Waals surface area contributed by atoms with Crippen LogP contribution in [0.1, 0.15) is 26.7 Å². The van der Waals surface area contributed by atoms with Gasteiger partial charge >= 0.3 is 0 Å². The molecule has 0 aromatic rings. The molecule has 0 aromatic heterocycles. The van der Waals surface area contributed by atoms with E-state index in [4.69, 9.17) is 19.9 Å². The van der Waals surface area contributed by atoms with Crippen LogP contribution in [0.4, 0.5) is 0 Å². The number of hydrogen-bond donors (Lipinski definition) is 1. The summed E-state index contributed by atoms with van der Waals surface area (Å²) < 4.78 is 16.5. The third-order valence-corrected chi connectivity index (χ3v) is 2.93. The molecule has 2 fully saturated rings. The van der Waals surface area contributed by atoms with E-state index in [1.54, 1.807) is 0 Å². The highest BCUT2D eigenvalue weighted by Gasteiger charge is 2.55. The fourth-order valence-corrected chi connectivity index (χ4v) is 2.01. The average molecular weight is 201 g/mol. The number of ether oxygens (including phenoxy) is 3. The zero-order valence-electron chi connectivity index (χ0n) is 8.81. The van der Waals surface area contributed by atoms with Gasteiger partial charge in [-0.25, -0.2) is 0 Å². The van der Waals surface area contributed by atoms with Crippen LogP contribution in [0.2, 0.25) is 0 Å². The van der Waals surface area contributed by atoms with Crippen LogP contribution in [-0.4, -0.2) is 31.3 Å². The van der Waals surface area contributed by atoms with Crippen molar-refractivity contribution in [1.29, 1.82) is 0 Å². The number of epoxide rings is 1. The smallest absolute Gasteiger partial charge is 0.189 e. The number of hydrogen-bond acceptors (Lipinski definition) is 4. The van der Waals surface area contributed by atoms with Gasteiger partial charge in [-0.2, -0.15) is 0 Å². The van der Waals surface area contributed by atoms with Gasteiger partial charge in [0.15, 0.2) is 12.6 Å². The summed E-state index contributed by atoms with van der Waals surface area (Å²) in [7, 11) is 0. The molecule has 2 aliphatic rings. The summed E-state index contributed by atoms with van der Waals surface area (Å²) in [6.07, 6.45) is 1.82. The number of fused-ring (bicyclic) bond motifs is 1. The first-order chi connectivity index (χ1) is 6.77. The summed E-state index contributed by atoms with van der Waals surface area (Å²) in [6.45, 7) is 4.92. The minimum absolute atomic E-state index is 0.0700. The summed E-state index contributed by atoms with van der Waals surface area (Å²) in [5.41, 5.74) is 6.05. The monoisotopic (exact) mass is 201 g/mol. The van der Waals surface area contributed by atoms with Crippen molar-refractivity contribution in [2.45, 2.75) is 51.4 Å². The molecular weight excluding hydrogens is 182 g/mol. The van der Waals surface area contributed by atoms with Gasteiger partial charge in [0.2, 0.25) is 0 Å². The van der Waals surface area contributed by atoms with Crippen LogP contribution in [0, 0.1) is 5.92 Å². The molecule has 0 aliphatic carbocycles. The molecule has 0 radical (unpaired) electrons. The maximum absolute atomic E-state index is 6.05. The zero-order chi connectivity index (χ0) is 10.1. The van der Waals surface area contributed by atoms with Crippen molar-refractivity contribution in [2.75, 3.05) is 6.61 Å². The van der Waals surface area contributed by atoms with Crippen LogP contribution in [0.3, 0.4) is 0 Å². The zero-order valence-corrected chi connectivity index (χ0v) is 8.81. The van der Waals surface area contributed by atoms with Crippen molar-refractivity contribution >= 4 is 0 Å². The predicted molar refractivity (Wildman–Crippen MR) is 51.5 cm³/mol. The Labute approximate surface area is 84.7 Å². The first kappa shape index (κ1) is 10.4. The molecule has 14 heavy (non-hydrogen) atoms. The van der Waals surface area contributed by atoms with Crippen LogP contribution in [0.25, 0.3) is 0 Å². The van der Waals surface area contributed by atoms with Crippen molar-refractivity contribution in [3.05, 3.63) is 0 Å². The molecule has 5 unspecified atom stereocenters. The van der Waals surface area contributed by atoms with E-state index in [1.807, 2.05) is 0 Å². The molecule has 0 spiro atoms. The standard InChI is InChI=1S/C10H19NO3/c1-3-5-12-9-6(4-2)7(11)8-10(13-8)14-9/h6-10H,3-5,11H2,1-2H3. The first-order valence-corrected chi connectivity index (χ1v) is 5.46. The van der Waals surface area contributed by atoms with Crippen molar-refractivity contribution in [2.24, 2.45) is 11.7 Å². The Bertz CT molecular complexity index is 200. The Morgan fingerprint density at radius 1 is 1.29 bits per heavy atom. The molecule has 5 atom stereocenters. The maximum atomic E-state index is 6.05. The summed E-state index contributed by atoms with van der Waals surface area (Å²) >= 11 is 0. The summed E-state index contributed by atoms with van der Waals surface area (Å²) in [4.78, 5) is 0. The lowest BCUT2D eigenvalue weighted by Gasteiger charge is -2.32. The molecule has 4 nitrogen and oxygen atoms in total. The van der Waals surface area contributed by atoms with Crippen LogP contribution < -0.4 is 5.73 Å². The molecular formula is C10H19NO3. The molecule has 0 amide bonds. The molecule has 2 rings (SSSR count). The van der Waals surface area contributed by atoms with Crippen molar-refractivity contribution < 1.29 is 14.2 Å². The van der Waals surface area contributed by atoms with E-state index in [-0.39, 0.29) is 30.6 Å². The lowest BCUT2D eigenvalue weighted by atomic mass is 9.92. The van der Waals surface area contributed by atoms with Gasteiger partial charge in [0.1, 0.15) is 6.10 Å². The number of nitrogens with two attached hydrogens (primary N) is 1. The lowest BCUT2D eigenvalue weighted by Crippen LogP contribution is -2.48. The average Bonchev–Trinajstić information content (AvgIpc) is 2.94. The van der Waals surface area contributed by atoms with Gasteiger partial charge in [0, 0.05) is 18.6 Å². The lowest BCUT2D eigenvalue weighted by molar-refractivity contribution is -0.206. The largest absolute Gasteiger partial charge is 0.352 e. The van der Waals surface area contributed by atoms with Crippen molar-refractivity contribution in [3.63, 3.8) is 0 Å². The quantitative estimate of drug-likeness (QED) is 0.685. The van der Waals surface area contributed by atoms with Gasteiger partial charge in [-0.1, -0.05) is 13.8 Å². The van der Waals surface area contributed by atoms with Gasteiger partial charge in [-0.3, -0.25) is 0 Å². The molecule has 2 N–H and O–H groups in total. The Kier molecular flexibility index (Phi) is 3.07. The van der Waals surface area contributed by atoms with E-state index in [2.05, 4.69) is 13.8 Å². The van der Waals surface area contributed by atoms with E-state index in [0.29, 0.717) is 0 Å². The van der Waals surface area contributed by atoms with Crippen LogP contribution in [-0.2, 0) is 14.2 Å². The van der Waals surface area contributed by atoms with Crippen LogP contribution >= 0.6 is 0 Å². The molecule has 2 aliphatic heterocycles. The minimum atomic E-state index is -0.168. The highest BCUT2D eigenvalue weighted by atomic mass is 16.8. The third kappa shape index (κ3) is 1.80. The second-order valence-corrected chi connectivity index (χ2v) is 3.99. The fraction of sp³-hybridized carbons (Fsp3) is 1.00. The predicted octanol–water partition coefficient (Wildman–Crippen LogP) is 0.848. The summed E-state index contributed by atoms with van der Waals surface area (Å²) in [5, 5.41) is 0. The first-order valence-electron chi connectivity index (χ1n) is 5.46. The highest BCUT2D eigenvalue weighted by Crippen LogP contribution is 2.39. The minimum Gasteiger partial charge on any atom is -0.352 e. The summed E-state index contributed by atoms with van der Waals surface area (Å²) in [6, 6.07) is 0.0700. The van der Waals surface area contributed by atoms with E-state index < -0.39 is 0 Å². The topological polar surface area (TPSA) is 57.0 Å². The maximum Gasteiger partial charge on any atom is 0.189 e. The van der Waals surface area contributed by atoms with E-state index >= 15 is 0 Å². The van der Waals surface area contributed by atoms with Gasteiger partial charge in [0.05, 0.1) is 0 Å². The van der Waals surface area contributed by atoms with Crippen LogP contribution in [0.5, 0.6) is 0 Å². The van der Waals surface area contributed by atoms with Gasteiger partial charge < -0.3 is 19.9 Å². The normalized spacial score (nSPS) is 46.1. The van der Waals surface area contributed by atoms with Crippen molar-refractivity contribution in [1.82, 2.24) is 0 Å². The summed E-state index contributed by atoms with van der Waals surface area (Å²) in [5.74, 6) is 0.269. The van der Waals surface area contributed by atoms with Crippen LogP contribution in [0.15, 0.2) is 0 Å². The molecule has 4 heteroatoms. The molecule has 2 heterocycles. The molecule has 0 aromatic carbocycles. The van der Waals surface area contributed by atoms with E-state index in [1.165, 1.54) is 0 Å². The van der Waals surface area contributed by atoms with Gasteiger partial charge in [-0.15, -0.1) is 0 Å². The van der Waals surface area contributed by atoms with E-state index in [0.717, 1.165) is 19.4 Å². The van der Waals surface area contributed by atoms with Gasteiger partial charge in [0.25, 0.3) is 0 Å².